The number of aliphatic carboxylic acids is 1. The molecule has 108 valence electrons. The molecule has 0 aromatic heterocycles. The van der Waals surface area contributed by atoms with Gasteiger partial charge in [-0.25, -0.2) is 0 Å². The van der Waals surface area contributed by atoms with E-state index in [1.807, 2.05) is 18.2 Å². The lowest BCUT2D eigenvalue weighted by atomic mass is 9.90. The number of fused-ring (bicyclic) bond motifs is 3. The summed E-state index contributed by atoms with van der Waals surface area (Å²) in [4.78, 5) is 11.3. The van der Waals surface area contributed by atoms with Gasteiger partial charge < -0.3 is 9.84 Å². The molecule has 1 aliphatic carbocycles. The number of ether oxygens (including phenoxy) is 1. The molecule has 1 aliphatic rings. The van der Waals surface area contributed by atoms with Crippen LogP contribution in [0.1, 0.15) is 34.6 Å². The fourth-order valence-corrected chi connectivity index (χ4v) is 3.41. The van der Waals surface area contributed by atoms with Gasteiger partial charge in [0.2, 0.25) is 0 Å². The predicted octanol–water partition coefficient (Wildman–Crippen LogP) is 3.90. The number of rotatable bonds is 3. The van der Waals surface area contributed by atoms with Crippen LogP contribution in [0.4, 0.5) is 0 Å². The van der Waals surface area contributed by atoms with E-state index in [-0.39, 0.29) is 12.3 Å². The first-order chi connectivity index (χ1) is 10.0. The van der Waals surface area contributed by atoms with Gasteiger partial charge in [-0.2, -0.15) is 0 Å². The summed E-state index contributed by atoms with van der Waals surface area (Å²) in [5.41, 5.74) is 6.85. The number of hydrogen-bond donors (Lipinski definition) is 1. The Morgan fingerprint density at radius 3 is 2.62 bits per heavy atom. The summed E-state index contributed by atoms with van der Waals surface area (Å²) in [5.74, 6) is -0.101. The van der Waals surface area contributed by atoms with E-state index in [4.69, 9.17) is 4.74 Å². The van der Waals surface area contributed by atoms with Gasteiger partial charge in [-0.1, -0.05) is 23.8 Å². The van der Waals surface area contributed by atoms with Crippen LogP contribution < -0.4 is 4.74 Å². The number of carboxylic acid groups (broad SMARTS) is 1. The molecule has 0 bridgehead atoms. The van der Waals surface area contributed by atoms with E-state index in [0.29, 0.717) is 0 Å². The van der Waals surface area contributed by atoms with Gasteiger partial charge >= 0.3 is 5.97 Å². The van der Waals surface area contributed by atoms with E-state index in [9.17, 15) is 9.90 Å². The molecule has 3 heteroatoms. The van der Waals surface area contributed by atoms with Gasteiger partial charge in [0, 0.05) is 5.92 Å². The van der Waals surface area contributed by atoms with E-state index in [0.717, 1.165) is 33.6 Å². The third-order valence-corrected chi connectivity index (χ3v) is 4.18. The molecule has 1 unspecified atom stereocenters. The maximum absolute atomic E-state index is 11.3. The summed E-state index contributed by atoms with van der Waals surface area (Å²) in [6, 6.07) is 10.2. The topological polar surface area (TPSA) is 46.5 Å². The van der Waals surface area contributed by atoms with Gasteiger partial charge in [-0.3, -0.25) is 4.79 Å². The fourth-order valence-electron chi connectivity index (χ4n) is 3.41. The third kappa shape index (κ3) is 2.19. The fraction of sp³-hybridized carbons (Fsp3) is 0.278. The van der Waals surface area contributed by atoms with Crippen molar-refractivity contribution in [3.05, 3.63) is 52.6 Å². The van der Waals surface area contributed by atoms with Crippen LogP contribution in [-0.4, -0.2) is 18.2 Å². The first-order valence-electron chi connectivity index (χ1n) is 7.02. The molecule has 2 aromatic carbocycles. The van der Waals surface area contributed by atoms with Gasteiger partial charge in [-0.15, -0.1) is 0 Å². The number of benzene rings is 2. The lowest BCUT2D eigenvalue weighted by Gasteiger charge is -2.14. The highest BCUT2D eigenvalue weighted by atomic mass is 16.5. The SMILES string of the molecule is COc1ccc2c(c1)C(CC(=O)O)c1c(C)cc(C)cc1-2. The molecule has 0 aliphatic heterocycles. The van der Waals surface area contributed by atoms with E-state index in [1.54, 1.807) is 7.11 Å². The molecule has 0 saturated heterocycles. The van der Waals surface area contributed by atoms with Gasteiger partial charge in [0.15, 0.2) is 0 Å². The van der Waals surface area contributed by atoms with Crippen LogP contribution in [0.25, 0.3) is 11.1 Å². The molecule has 0 saturated carbocycles. The van der Waals surface area contributed by atoms with E-state index < -0.39 is 5.97 Å². The lowest BCUT2D eigenvalue weighted by Crippen LogP contribution is -2.06. The molecule has 1 N–H and O–H groups in total. The third-order valence-electron chi connectivity index (χ3n) is 4.18. The molecular formula is C18H18O3. The smallest absolute Gasteiger partial charge is 0.304 e. The standard InChI is InChI=1S/C18H18O3/c1-10-6-11(2)18-15(7-10)13-5-4-12(21-3)8-14(13)16(18)9-17(19)20/h4-8,16H,9H2,1-3H3,(H,19,20). The first-order valence-corrected chi connectivity index (χ1v) is 7.02. The summed E-state index contributed by atoms with van der Waals surface area (Å²) < 4.78 is 5.30. The number of hydrogen-bond acceptors (Lipinski definition) is 2. The maximum atomic E-state index is 11.3. The van der Waals surface area contributed by atoms with Gasteiger partial charge in [-0.05, 0) is 53.8 Å². The van der Waals surface area contributed by atoms with Crippen molar-refractivity contribution in [2.75, 3.05) is 7.11 Å². The van der Waals surface area contributed by atoms with Crippen LogP contribution in [0, 0.1) is 13.8 Å². The molecule has 3 nitrogen and oxygen atoms in total. The molecule has 2 aromatic rings. The van der Waals surface area contributed by atoms with Crippen molar-refractivity contribution in [1.82, 2.24) is 0 Å². The summed E-state index contributed by atoms with van der Waals surface area (Å²) in [6.07, 6.45) is 0.108. The van der Waals surface area contributed by atoms with Crippen LogP contribution in [0.5, 0.6) is 5.75 Å². The van der Waals surface area contributed by atoms with Crippen LogP contribution in [0.15, 0.2) is 30.3 Å². The maximum Gasteiger partial charge on any atom is 0.304 e. The van der Waals surface area contributed by atoms with Crippen molar-refractivity contribution < 1.29 is 14.6 Å². The summed E-state index contributed by atoms with van der Waals surface area (Å²) in [7, 11) is 1.63. The van der Waals surface area contributed by atoms with Gasteiger partial charge in [0.25, 0.3) is 0 Å². The van der Waals surface area contributed by atoms with Crippen LogP contribution in [0.2, 0.25) is 0 Å². The Labute approximate surface area is 124 Å². The van der Waals surface area contributed by atoms with Crippen molar-refractivity contribution in [1.29, 1.82) is 0 Å². The van der Waals surface area contributed by atoms with Crippen molar-refractivity contribution in [2.24, 2.45) is 0 Å². The first kappa shape index (κ1) is 13.7. The number of methoxy groups -OCH3 is 1. The zero-order chi connectivity index (χ0) is 15.1. The monoisotopic (exact) mass is 282 g/mol. The second-order valence-corrected chi connectivity index (χ2v) is 5.65. The summed E-state index contributed by atoms with van der Waals surface area (Å²) in [5, 5.41) is 9.27. The van der Waals surface area contributed by atoms with Crippen LogP contribution in [0.3, 0.4) is 0 Å². The van der Waals surface area contributed by atoms with Crippen molar-refractivity contribution >= 4 is 5.97 Å². The minimum absolute atomic E-state index is 0.0943. The number of aryl methyl sites for hydroxylation is 2. The molecule has 3 rings (SSSR count). The number of carboxylic acids is 1. The molecule has 21 heavy (non-hydrogen) atoms. The Morgan fingerprint density at radius 2 is 1.95 bits per heavy atom. The number of carbonyl (C=O) groups is 1. The Hall–Kier alpha value is -2.29. The van der Waals surface area contributed by atoms with Gasteiger partial charge in [0.1, 0.15) is 5.75 Å². The average molecular weight is 282 g/mol. The highest BCUT2D eigenvalue weighted by Crippen LogP contribution is 2.49. The van der Waals surface area contributed by atoms with E-state index in [1.165, 1.54) is 5.56 Å². The summed E-state index contributed by atoms with van der Waals surface area (Å²) >= 11 is 0. The van der Waals surface area contributed by atoms with Crippen molar-refractivity contribution in [2.45, 2.75) is 26.2 Å². The average Bonchev–Trinajstić information content (AvgIpc) is 2.72. The van der Waals surface area contributed by atoms with E-state index >= 15 is 0 Å². The molecule has 1 atom stereocenters. The van der Waals surface area contributed by atoms with Crippen LogP contribution >= 0.6 is 0 Å². The zero-order valence-corrected chi connectivity index (χ0v) is 12.4. The molecule has 0 fully saturated rings. The van der Waals surface area contributed by atoms with Gasteiger partial charge in [0.05, 0.1) is 13.5 Å². The van der Waals surface area contributed by atoms with E-state index in [2.05, 4.69) is 26.0 Å². The Kier molecular flexibility index (Phi) is 3.20. The second-order valence-electron chi connectivity index (χ2n) is 5.65. The molecule has 0 spiro atoms. The highest BCUT2D eigenvalue weighted by Gasteiger charge is 2.32. The minimum atomic E-state index is -0.776. The second kappa shape index (κ2) is 4.92. The largest absolute Gasteiger partial charge is 0.497 e. The highest BCUT2D eigenvalue weighted by molar-refractivity contribution is 5.83. The predicted molar refractivity (Wildman–Crippen MR) is 82.0 cm³/mol. The zero-order valence-electron chi connectivity index (χ0n) is 12.4. The molecule has 0 radical (unpaired) electrons. The lowest BCUT2D eigenvalue weighted by molar-refractivity contribution is -0.137. The van der Waals surface area contributed by atoms with Crippen molar-refractivity contribution in [3.63, 3.8) is 0 Å². The molecule has 0 heterocycles. The molecular weight excluding hydrogens is 264 g/mol. The van der Waals surface area contributed by atoms with Crippen molar-refractivity contribution in [3.8, 4) is 16.9 Å². The summed E-state index contributed by atoms with van der Waals surface area (Å²) in [6.45, 7) is 4.13. The quantitative estimate of drug-likeness (QED) is 0.928. The Balaban J connectivity index is 2.25. The Morgan fingerprint density at radius 1 is 1.19 bits per heavy atom. The Bertz CT molecular complexity index is 731. The van der Waals surface area contributed by atoms with Crippen LogP contribution in [-0.2, 0) is 4.79 Å². The normalized spacial score (nSPS) is 15.5. The molecule has 0 amide bonds. The minimum Gasteiger partial charge on any atom is -0.497 e.